The van der Waals surface area contributed by atoms with Gasteiger partial charge in [0.25, 0.3) is 11.8 Å². The molecule has 0 aliphatic carbocycles. The van der Waals surface area contributed by atoms with Crippen molar-refractivity contribution in [1.82, 2.24) is 4.90 Å². The van der Waals surface area contributed by atoms with E-state index in [4.69, 9.17) is 5.73 Å². The maximum atomic E-state index is 12.6. The summed E-state index contributed by atoms with van der Waals surface area (Å²) in [4.78, 5) is 31.1. The molecule has 5 nitrogen and oxygen atoms in total. The van der Waals surface area contributed by atoms with E-state index in [-0.39, 0.29) is 18.4 Å². The second kappa shape index (κ2) is 11.0. The lowest BCUT2D eigenvalue weighted by Crippen LogP contribution is -2.29. The van der Waals surface area contributed by atoms with Crippen molar-refractivity contribution in [2.24, 2.45) is 10.7 Å². The van der Waals surface area contributed by atoms with E-state index in [0.717, 1.165) is 30.4 Å². The van der Waals surface area contributed by atoms with E-state index in [0.29, 0.717) is 23.5 Å². The van der Waals surface area contributed by atoms with Gasteiger partial charge in [0.05, 0.1) is 17.7 Å². The molecule has 0 saturated carbocycles. The highest BCUT2D eigenvalue weighted by atomic mass is 16.2. The molecule has 0 bridgehead atoms. The number of hydrogen-bond donors (Lipinski definition) is 1. The summed E-state index contributed by atoms with van der Waals surface area (Å²) in [5.41, 5.74) is 12.7. The van der Waals surface area contributed by atoms with Gasteiger partial charge < -0.3 is 5.73 Å². The molecule has 0 fully saturated rings. The molecule has 1 heterocycles. The first kappa shape index (κ1) is 24.2. The first-order valence-corrected chi connectivity index (χ1v) is 12.5. The fourth-order valence-electron chi connectivity index (χ4n) is 4.55. The minimum atomic E-state index is -0.227. The first-order chi connectivity index (χ1) is 18.1. The highest BCUT2D eigenvalue weighted by Gasteiger charge is 2.34. The Morgan fingerprint density at radius 2 is 1.08 bits per heavy atom. The van der Waals surface area contributed by atoms with Crippen LogP contribution < -0.4 is 5.73 Å². The van der Waals surface area contributed by atoms with Crippen molar-refractivity contribution in [3.05, 3.63) is 142 Å². The van der Waals surface area contributed by atoms with Crippen LogP contribution in [0.25, 0.3) is 0 Å². The van der Waals surface area contributed by atoms with E-state index in [1.54, 1.807) is 24.3 Å². The van der Waals surface area contributed by atoms with Crippen LogP contribution in [0.15, 0.2) is 108 Å². The fraction of sp³-hybridized carbons (Fsp3) is 0.156. The Morgan fingerprint density at radius 3 is 1.68 bits per heavy atom. The fourth-order valence-corrected chi connectivity index (χ4v) is 4.55. The van der Waals surface area contributed by atoms with E-state index in [9.17, 15) is 9.59 Å². The van der Waals surface area contributed by atoms with Crippen molar-refractivity contribution in [3.63, 3.8) is 0 Å². The summed E-state index contributed by atoms with van der Waals surface area (Å²) >= 11 is 0. The van der Waals surface area contributed by atoms with Gasteiger partial charge in [0.2, 0.25) is 0 Å². The summed E-state index contributed by atoms with van der Waals surface area (Å²) in [7, 11) is 0. The molecule has 0 aromatic heterocycles. The Labute approximate surface area is 217 Å². The van der Waals surface area contributed by atoms with Gasteiger partial charge in [0, 0.05) is 12.1 Å². The molecular formula is C32H29N3O2. The number of aryl methyl sites for hydroxylation is 2. The highest BCUT2D eigenvalue weighted by molar-refractivity contribution is 6.21. The Bertz CT molecular complexity index is 1390. The van der Waals surface area contributed by atoms with Gasteiger partial charge in [-0.05, 0) is 53.6 Å². The predicted octanol–water partition coefficient (Wildman–Crippen LogP) is 5.22. The summed E-state index contributed by atoms with van der Waals surface area (Å²) in [6, 6.07) is 33.7. The molecule has 184 valence electrons. The Kier molecular flexibility index (Phi) is 7.22. The van der Waals surface area contributed by atoms with E-state index in [2.05, 4.69) is 41.4 Å². The molecule has 1 aliphatic rings. The molecule has 0 saturated heterocycles. The van der Waals surface area contributed by atoms with E-state index < -0.39 is 0 Å². The predicted molar refractivity (Wildman–Crippen MR) is 147 cm³/mol. The van der Waals surface area contributed by atoms with Gasteiger partial charge >= 0.3 is 0 Å². The van der Waals surface area contributed by atoms with Gasteiger partial charge in [0.15, 0.2) is 0 Å². The number of hydrogen-bond acceptors (Lipinski definition) is 3. The quantitative estimate of drug-likeness (QED) is 0.200. The maximum absolute atomic E-state index is 12.6. The number of imide groups is 1. The third-order valence-electron chi connectivity index (χ3n) is 6.72. The van der Waals surface area contributed by atoms with E-state index >= 15 is 0 Å². The second-order valence-corrected chi connectivity index (χ2v) is 9.26. The largest absolute Gasteiger partial charge is 0.384 e. The Morgan fingerprint density at radius 1 is 0.595 bits per heavy atom. The van der Waals surface area contributed by atoms with Gasteiger partial charge in [-0.2, -0.15) is 0 Å². The third kappa shape index (κ3) is 5.67. The van der Waals surface area contributed by atoms with Crippen molar-refractivity contribution in [3.8, 4) is 0 Å². The smallest absolute Gasteiger partial charge is 0.261 e. The number of amidine groups is 1. The molecule has 0 unspecified atom stereocenters. The normalized spacial score (nSPS) is 13.2. The van der Waals surface area contributed by atoms with Crippen LogP contribution in [-0.4, -0.2) is 29.1 Å². The molecule has 37 heavy (non-hydrogen) atoms. The number of nitrogens with two attached hydrogens (primary N) is 1. The van der Waals surface area contributed by atoms with Gasteiger partial charge in [-0.3, -0.25) is 19.5 Å². The van der Waals surface area contributed by atoms with Crippen molar-refractivity contribution in [1.29, 1.82) is 0 Å². The number of amides is 2. The molecule has 2 N–H and O–H groups in total. The van der Waals surface area contributed by atoms with Gasteiger partial charge in [-0.15, -0.1) is 0 Å². The van der Waals surface area contributed by atoms with Crippen LogP contribution in [0.4, 0.5) is 0 Å². The number of nitrogens with zero attached hydrogens (tertiary/aromatic N) is 2. The molecule has 4 aromatic rings. The third-order valence-corrected chi connectivity index (χ3v) is 6.72. The Balaban J connectivity index is 1.12. The van der Waals surface area contributed by atoms with E-state index in [1.807, 2.05) is 42.5 Å². The number of aliphatic imine (C=N–C) groups is 1. The number of carbonyl (C=O) groups excluding carboxylic acids is 2. The summed E-state index contributed by atoms with van der Waals surface area (Å²) in [6.45, 7) is 0.947. The van der Waals surface area contributed by atoms with Crippen LogP contribution >= 0.6 is 0 Å². The minimum Gasteiger partial charge on any atom is -0.384 e. The van der Waals surface area contributed by atoms with Crippen LogP contribution in [0, 0.1) is 0 Å². The first-order valence-electron chi connectivity index (χ1n) is 12.5. The summed E-state index contributed by atoms with van der Waals surface area (Å²) in [5.74, 6) is 0.112. The number of carbonyl (C=O) groups is 2. The number of benzene rings is 4. The van der Waals surface area contributed by atoms with E-state index in [1.165, 1.54) is 21.6 Å². The second-order valence-electron chi connectivity index (χ2n) is 9.26. The van der Waals surface area contributed by atoms with Gasteiger partial charge in [-0.25, -0.2) is 0 Å². The molecule has 4 aromatic carbocycles. The van der Waals surface area contributed by atoms with Gasteiger partial charge in [-0.1, -0.05) is 91.0 Å². The summed E-state index contributed by atoms with van der Waals surface area (Å²) in [6.07, 6.45) is 2.67. The van der Waals surface area contributed by atoms with Crippen LogP contribution in [0.2, 0.25) is 0 Å². The topological polar surface area (TPSA) is 75.8 Å². The molecule has 2 amide bonds. The van der Waals surface area contributed by atoms with Crippen LogP contribution in [0.1, 0.15) is 48.5 Å². The van der Waals surface area contributed by atoms with Crippen LogP contribution in [0.3, 0.4) is 0 Å². The SMILES string of the molecule is NC(=NCCc1ccccc1)c1ccc(CCc2ccc(CN3C(=O)c4ccccc4C3=O)cc2)cc1. The highest BCUT2D eigenvalue weighted by Crippen LogP contribution is 2.24. The van der Waals surface area contributed by atoms with Crippen molar-refractivity contribution in [2.75, 3.05) is 6.54 Å². The van der Waals surface area contributed by atoms with Gasteiger partial charge in [0.1, 0.15) is 5.84 Å². The maximum Gasteiger partial charge on any atom is 0.261 e. The van der Waals surface area contributed by atoms with Crippen molar-refractivity contribution >= 4 is 17.6 Å². The molecule has 5 rings (SSSR count). The molecular weight excluding hydrogens is 458 g/mol. The van der Waals surface area contributed by atoms with Crippen molar-refractivity contribution < 1.29 is 9.59 Å². The van der Waals surface area contributed by atoms with Crippen LogP contribution in [0.5, 0.6) is 0 Å². The minimum absolute atomic E-state index is 0.227. The summed E-state index contributed by atoms with van der Waals surface area (Å²) in [5, 5.41) is 0. The lowest BCUT2D eigenvalue weighted by molar-refractivity contribution is 0.0642. The molecule has 0 radical (unpaired) electrons. The average molecular weight is 488 g/mol. The average Bonchev–Trinajstić information content (AvgIpc) is 3.18. The lowest BCUT2D eigenvalue weighted by Gasteiger charge is -2.14. The monoisotopic (exact) mass is 487 g/mol. The molecule has 0 atom stereocenters. The molecule has 5 heteroatoms. The lowest BCUT2D eigenvalue weighted by atomic mass is 10.0. The molecule has 0 spiro atoms. The zero-order chi connectivity index (χ0) is 25.6. The zero-order valence-electron chi connectivity index (χ0n) is 20.6. The summed E-state index contributed by atoms with van der Waals surface area (Å²) < 4.78 is 0. The standard InChI is InChI=1S/C32H29N3O2/c33-30(34-21-20-23-6-2-1-3-7-23)27-18-16-25(17-19-27)11-10-24-12-14-26(15-13-24)22-35-31(36)28-8-4-5-9-29(28)32(35)37/h1-9,12-19H,10-11,20-22H2,(H2,33,34). The number of rotatable bonds is 9. The zero-order valence-corrected chi connectivity index (χ0v) is 20.6. The molecule has 1 aliphatic heterocycles. The van der Waals surface area contributed by atoms with Crippen LogP contribution in [-0.2, 0) is 25.8 Å². The van der Waals surface area contributed by atoms with Crippen molar-refractivity contribution in [2.45, 2.75) is 25.8 Å². The Hall–Kier alpha value is -4.51. The number of fused-ring (bicyclic) bond motifs is 1.